The van der Waals surface area contributed by atoms with Crippen LogP contribution in [0.25, 0.3) is 11.1 Å². The molecule has 4 aromatic carbocycles. The molecule has 0 aliphatic carbocycles. The third-order valence-electron chi connectivity index (χ3n) is 8.56. The summed E-state index contributed by atoms with van der Waals surface area (Å²) in [5, 5.41) is 12.2. The number of piperidine rings is 1. The zero-order chi connectivity index (χ0) is 33.5. The smallest absolute Gasteiger partial charge is 0.255 e. The van der Waals surface area contributed by atoms with E-state index in [0.29, 0.717) is 50.7 Å². The molecule has 9 nitrogen and oxygen atoms in total. The highest BCUT2D eigenvalue weighted by atomic mass is 16.5. The van der Waals surface area contributed by atoms with Crippen LogP contribution in [0.3, 0.4) is 0 Å². The normalized spacial score (nSPS) is 16.3. The zero-order valence-electron chi connectivity index (χ0n) is 26.8. The Balaban J connectivity index is 0.981. The molecular formula is C39H38N2O7. The number of benzene rings is 4. The van der Waals surface area contributed by atoms with Gasteiger partial charge in [-0.15, -0.1) is 0 Å². The van der Waals surface area contributed by atoms with Gasteiger partial charge in [0.15, 0.2) is 0 Å². The van der Waals surface area contributed by atoms with E-state index in [1.54, 1.807) is 24.3 Å². The Morgan fingerprint density at radius 3 is 2.10 bits per heavy atom. The summed E-state index contributed by atoms with van der Waals surface area (Å²) >= 11 is 0. The molecule has 4 aromatic rings. The molecule has 1 unspecified atom stereocenters. The number of carbonyl (C=O) groups excluding carboxylic acids is 3. The molecule has 0 aromatic heterocycles. The lowest BCUT2D eigenvalue weighted by Gasteiger charge is -2.29. The summed E-state index contributed by atoms with van der Waals surface area (Å²) in [4.78, 5) is 38.2. The minimum atomic E-state index is -0.645. The highest BCUT2D eigenvalue weighted by Crippen LogP contribution is 2.36. The summed E-state index contributed by atoms with van der Waals surface area (Å²) in [7, 11) is 0. The fourth-order valence-corrected chi connectivity index (χ4v) is 6.21. The second kappa shape index (κ2) is 15.0. The standard InChI is InChI=1S/C39H38N2O7/c1-2-33(26-6-4-3-5-7-26)37(27-8-12-30(42)13-9-27)28-10-14-31(15-11-28)47-22-20-46-21-23-48-32-16-17-34-29(24-32)25-41(39(34)45)35-18-19-36(43)40-38(35)44/h3-17,24,35,42H,2,18-23,25H2,1H3,(H,40,43,44)/b37-33-. The van der Waals surface area contributed by atoms with Crippen LogP contribution in [-0.4, -0.2) is 60.2 Å². The molecule has 0 spiro atoms. The van der Waals surface area contributed by atoms with Crippen LogP contribution in [0.15, 0.2) is 97.1 Å². The molecular weight excluding hydrogens is 608 g/mol. The van der Waals surface area contributed by atoms with Gasteiger partial charge >= 0.3 is 0 Å². The predicted octanol–water partition coefficient (Wildman–Crippen LogP) is 6.00. The third kappa shape index (κ3) is 7.42. The Morgan fingerprint density at radius 2 is 1.44 bits per heavy atom. The number of imide groups is 1. The van der Waals surface area contributed by atoms with Crippen molar-refractivity contribution in [2.75, 3.05) is 26.4 Å². The van der Waals surface area contributed by atoms with Gasteiger partial charge in [0.2, 0.25) is 11.8 Å². The molecule has 246 valence electrons. The van der Waals surface area contributed by atoms with E-state index in [4.69, 9.17) is 14.2 Å². The van der Waals surface area contributed by atoms with Crippen molar-refractivity contribution in [2.24, 2.45) is 0 Å². The van der Waals surface area contributed by atoms with Crippen molar-refractivity contribution >= 4 is 28.9 Å². The van der Waals surface area contributed by atoms with E-state index in [1.165, 1.54) is 10.5 Å². The second-order valence-electron chi connectivity index (χ2n) is 11.7. The first-order chi connectivity index (χ1) is 23.4. The molecule has 2 aliphatic rings. The van der Waals surface area contributed by atoms with Crippen molar-refractivity contribution in [3.63, 3.8) is 0 Å². The van der Waals surface area contributed by atoms with E-state index in [1.807, 2.05) is 48.5 Å². The van der Waals surface area contributed by atoms with Crippen LogP contribution in [-0.2, 0) is 20.9 Å². The number of allylic oxidation sites excluding steroid dienone is 1. The molecule has 9 heteroatoms. The van der Waals surface area contributed by atoms with Gasteiger partial charge in [0.1, 0.15) is 36.5 Å². The maximum atomic E-state index is 12.9. The van der Waals surface area contributed by atoms with Gasteiger partial charge in [-0.2, -0.15) is 0 Å². The van der Waals surface area contributed by atoms with Gasteiger partial charge in [0.05, 0.1) is 13.2 Å². The number of hydrogen-bond donors (Lipinski definition) is 2. The molecule has 2 N–H and O–H groups in total. The average molecular weight is 647 g/mol. The van der Waals surface area contributed by atoms with E-state index < -0.39 is 11.9 Å². The number of nitrogens with one attached hydrogen (secondary N) is 1. The van der Waals surface area contributed by atoms with Crippen LogP contribution in [0.1, 0.15) is 58.8 Å². The van der Waals surface area contributed by atoms with Gasteiger partial charge < -0.3 is 24.2 Å². The van der Waals surface area contributed by atoms with Crippen LogP contribution in [0, 0.1) is 0 Å². The van der Waals surface area contributed by atoms with Crippen molar-refractivity contribution in [1.82, 2.24) is 10.2 Å². The first kappa shape index (κ1) is 32.5. The van der Waals surface area contributed by atoms with Gasteiger partial charge in [-0.05, 0) is 88.7 Å². The van der Waals surface area contributed by atoms with Crippen LogP contribution >= 0.6 is 0 Å². The summed E-state index contributed by atoms with van der Waals surface area (Å²) in [6.07, 6.45) is 1.39. The SMILES string of the molecule is CC/C(=C(\c1ccc(O)cc1)c1ccc(OCCOCCOc2ccc3c(c2)CN(C2CCC(=O)NC2=O)C3=O)cc1)c1ccccc1. The number of amides is 3. The quantitative estimate of drug-likeness (QED) is 0.104. The summed E-state index contributed by atoms with van der Waals surface area (Å²) < 4.78 is 17.5. The Kier molecular flexibility index (Phi) is 10.2. The van der Waals surface area contributed by atoms with Crippen LogP contribution in [0.2, 0.25) is 0 Å². The molecule has 0 bridgehead atoms. The molecule has 2 aliphatic heterocycles. The van der Waals surface area contributed by atoms with Crippen molar-refractivity contribution in [3.05, 3.63) is 125 Å². The second-order valence-corrected chi connectivity index (χ2v) is 11.7. The lowest BCUT2D eigenvalue weighted by atomic mass is 9.88. The maximum Gasteiger partial charge on any atom is 0.255 e. The maximum absolute atomic E-state index is 12.9. The van der Waals surface area contributed by atoms with Gasteiger partial charge in [0.25, 0.3) is 5.91 Å². The lowest BCUT2D eigenvalue weighted by Crippen LogP contribution is -2.52. The number of rotatable bonds is 13. The monoisotopic (exact) mass is 646 g/mol. The molecule has 3 amide bonds. The van der Waals surface area contributed by atoms with E-state index in [0.717, 1.165) is 40.0 Å². The highest BCUT2D eigenvalue weighted by molar-refractivity contribution is 6.05. The van der Waals surface area contributed by atoms with Crippen molar-refractivity contribution in [1.29, 1.82) is 0 Å². The molecule has 0 saturated carbocycles. The summed E-state index contributed by atoms with van der Waals surface area (Å²) in [6.45, 7) is 3.90. The first-order valence-electron chi connectivity index (χ1n) is 16.2. The fourth-order valence-electron chi connectivity index (χ4n) is 6.21. The molecule has 48 heavy (non-hydrogen) atoms. The number of nitrogens with zero attached hydrogens (tertiary/aromatic N) is 1. The van der Waals surface area contributed by atoms with E-state index in [-0.39, 0.29) is 24.0 Å². The molecule has 1 saturated heterocycles. The number of fused-ring (bicyclic) bond motifs is 1. The lowest BCUT2D eigenvalue weighted by molar-refractivity contribution is -0.136. The van der Waals surface area contributed by atoms with Gasteiger partial charge in [-0.3, -0.25) is 19.7 Å². The van der Waals surface area contributed by atoms with E-state index in [2.05, 4.69) is 36.5 Å². The van der Waals surface area contributed by atoms with Crippen LogP contribution in [0.4, 0.5) is 0 Å². The predicted molar refractivity (Wildman–Crippen MR) is 181 cm³/mol. The number of phenols is 1. The number of ether oxygens (including phenoxy) is 3. The Hall–Kier alpha value is -5.41. The number of aromatic hydroxyl groups is 1. The Bertz CT molecular complexity index is 1800. The van der Waals surface area contributed by atoms with Crippen molar-refractivity contribution in [3.8, 4) is 17.2 Å². The first-order valence-corrected chi connectivity index (χ1v) is 16.2. The zero-order valence-corrected chi connectivity index (χ0v) is 26.8. The van der Waals surface area contributed by atoms with Gasteiger partial charge in [0, 0.05) is 18.5 Å². The Labute approximate surface area is 279 Å². The minimum Gasteiger partial charge on any atom is -0.508 e. The fraction of sp³-hybridized carbons (Fsp3) is 0.256. The number of hydrogen-bond acceptors (Lipinski definition) is 7. The van der Waals surface area contributed by atoms with Gasteiger partial charge in [-0.1, -0.05) is 61.5 Å². The van der Waals surface area contributed by atoms with Crippen molar-refractivity contribution in [2.45, 2.75) is 38.8 Å². The third-order valence-corrected chi connectivity index (χ3v) is 8.56. The number of carbonyl (C=O) groups is 3. The van der Waals surface area contributed by atoms with Crippen LogP contribution < -0.4 is 14.8 Å². The largest absolute Gasteiger partial charge is 0.508 e. The molecule has 2 heterocycles. The minimum absolute atomic E-state index is 0.212. The van der Waals surface area contributed by atoms with E-state index in [9.17, 15) is 19.5 Å². The van der Waals surface area contributed by atoms with Crippen LogP contribution in [0.5, 0.6) is 17.2 Å². The summed E-state index contributed by atoms with van der Waals surface area (Å²) in [5.41, 5.74) is 6.91. The average Bonchev–Trinajstić information content (AvgIpc) is 3.43. The molecule has 1 fully saturated rings. The summed E-state index contributed by atoms with van der Waals surface area (Å²) in [5.74, 6) is 0.637. The summed E-state index contributed by atoms with van der Waals surface area (Å²) in [6, 6.07) is 30.3. The van der Waals surface area contributed by atoms with E-state index >= 15 is 0 Å². The molecule has 1 atom stereocenters. The number of phenolic OH excluding ortho intramolecular Hbond substituents is 1. The van der Waals surface area contributed by atoms with Gasteiger partial charge in [-0.25, -0.2) is 0 Å². The Morgan fingerprint density at radius 1 is 0.792 bits per heavy atom. The topological polar surface area (TPSA) is 114 Å². The van der Waals surface area contributed by atoms with Crippen molar-refractivity contribution < 1.29 is 33.7 Å². The molecule has 0 radical (unpaired) electrons. The molecule has 6 rings (SSSR count). The highest BCUT2D eigenvalue weighted by Gasteiger charge is 2.39.